The van der Waals surface area contributed by atoms with E-state index < -0.39 is 5.60 Å². The summed E-state index contributed by atoms with van der Waals surface area (Å²) in [7, 11) is 0. The molecule has 2 heteroatoms. The highest BCUT2D eigenvalue weighted by atomic mass is 16.3. The van der Waals surface area contributed by atoms with Crippen LogP contribution in [0, 0.1) is 34.0 Å². The fourth-order valence-corrected chi connectivity index (χ4v) is 7.25. The minimum atomic E-state index is -0.557. The van der Waals surface area contributed by atoms with E-state index in [9.17, 15) is 9.90 Å². The number of carbonyl (C=O) groups is 1. The van der Waals surface area contributed by atoms with Crippen LogP contribution in [-0.4, -0.2) is 16.5 Å². The van der Waals surface area contributed by atoms with Crippen molar-refractivity contribution in [2.75, 3.05) is 0 Å². The summed E-state index contributed by atoms with van der Waals surface area (Å²) in [5.74, 6) is 1.90. The summed E-state index contributed by atoms with van der Waals surface area (Å²) in [6.45, 7) is 9.02. The van der Waals surface area contributed by atoms with Crippen LogP contribution in [0.15, 0.2) is 12.2 Å². The largest absolute Gasteiger partial charge is 0.390 e. The van der Waals surface area contributed by atoms with Crippen LogP contribution in [0.5, 0.6) is 0 Å². The van der Waals surface area contributed by atoms with E-state index in [1.165, 1.54) is 12.8 Å². The van der Waals surface area contributed by atoms with Crippen LogP contribution in [0.1, 0.15) is 66.2 Å². The van der Waals surface area contributed by atoms with Gasteiger partial charge in [-0.25, -0.2) is 0 Å². The predicted molar refractivity (Wildman–Crippen MR) is 87.3 cm³/mol. The lowest BCUT2D eigenvalue weighted by Crippen LogP contribution is -2.62. The predicted octanol–water partition coefficient (Wildman–Crippen LogP) is 4.13. The topological polar surface area (TPSA) is 37.3 Å². The number of fused-ring (bicyclic) bond motifs is 2. The summed E-state index contributed by atoms with van der Waals surface area (Å²) in [6, 6.07) is 0. The smallest absolute Gasteiger partial charge is 0.134 e. The molecular weight excluding hydrogens is 272 g/mol. The van der Waals surface area contributed by atoms with Crippen LogP contribution < -0.4 is 0 Å². The Kier molecular flexibility index (Phi) is 2.76. The Bertz CT molecular complexity index is 558. The van der Waals surface area contributed by atoms with Gasteiger partial charge in [0.15, 0.2) is 0 Å². The van der Waals surface area contributed by atoms with Gasteiger partial charge in [-0.15, -0.1) is 0 Å². The number of Topliss-reactive ketones (excluding diaryl/α,β-unsaturated/α-hetero) is 1. The van der Waals surface area contributed by atoms with Crippen LogP contribution in [0.4, 0.5) is 0 Å². The van der Waals surface area contributed by atoms with E-state index in [1.807, 2.05) is 6.92 Å². The second kappa shape index (κ2) is 4.06. The van der Waals surface area contributed by atoms with Gasteiger partial charge in [-0.3, -0.25) is 4.79 Å². The Balaban J connectivity index is 1.82. The third kappa shape index (κ3) is 1.63. The quantitative estimate of drug-likeness (QED) is 0.683. The molecule has 2 bridgehead atoms. The molecule has 6 atom stereocenters. The monoisotopic (exact) mass is 302 g/mol. The molecule has 0 heterocycles. The number of hydrogen-bond acceptors (Lipinski definition) is 2. The maximum absolute atomic E-state index is 12.5. The maximum atomic E-state index is 12.5. The Hall–Kier alpha value is -0.630. The number of allylic oxidation sites excluding steroid dienone is 1. The van der Waals surface area contributed by atoms with Crippen LogP contribution in [-0.2, 0) is 4.79 Å². The first kappa shape index (κ1) is 14.9. The van der Waals surface area contributed by atoms with Crippen LogP contribution in [0.2, 0.25) is 0 Å². The van der Waals surface area contributed by atoms with Crippen molar-refractivity contribution in [3.05, 3.63) is 12.2 Å². The highest BCUT2D eigenvalue weighted by Gasteiger charge is 2.67. The summed E-state index contributed by atoms with van der Waals surface area (Å²) in [4.78, 5) is 12.5. The zero-order chi connectivity index (χ0) is 16.0. The highest BCUT2D eigenvalue weighted by Crippen LogP contribution is 2.72. The molecule has 22 heavy (non-hydrogen) atoms. The summed E-state index contributed by atoms with van der Waals surface area (Å²) >= 11 is 0. The van der Waals surface area contributed by atoms with Crippen molar-refractivity contribution in [3.8, 4) is 0 Å². The molecule has 4 aliphatic rings. The zero-order valence-electron chi connectivity index (χ0n) is 14.5. The van der Waals surface area contributed by atoms with Gasteiger partial charge in [0.25, 0.3) is 0 Å². The molecule has 1 spiro atoms. The van der Waals surface area contributed by atoms with Gasteiger partial charge in [-0.05, 0) is 60.7 Å². The molecule has 0 unspecified atom stereocenters. The van der Waals surface area contributed by atoms with Crippen molar-refractivity contribution in [3.63, 3.8) is 0 Å². The van der Waals surface area contributed by atoms with Gasteiger partial charge in [0.1, 0.15) is 5.78 Å². The van der Waals surface area contributed by atoms with Crippen molar-refractivity contribution in [1.29, 1.82) is 0 Å². The Morgan fingerprint density at radius 1 is 1.09 bits per heavy atom. The van der Waals surface area contributed by atoms with Gasteiger partial charge in [0.05, 0.1) is 5.60 Å². The molecular formula is C20H30O2. The number of rotatable bonds is 0. The Morgan fingerprint density at radius 2 is 1.82 bits per heavy atom. The molecule has 3 fully saturated rings. The molecule has 0 radical (unpaired) electrons. The summed E-state index contributed by atoms with van der Waals surface area (Å²) in [5, 5.41) is 10.8. The van der Waals surface area contributed by atoms with Gasteiger partial charge in [-0.1, -0.05) is 32.9 Å². The average molecular weight is 302 g/mol. The first-order valence-electron chi connectivity index (χ1n) is 9.04. The zero-order valence-corrected chi connectivity index (χ0v) is 14.5. The molecule has 0 aromatic heterocycles. The Labute approximate surface area is 134 Å². The molecule has 122 valence electrons. The van der Waals surface area contributed by atoms with Gasteiger partial charge in [0.2, 0.25) is 0 Å². The van der Waals surface area contributed by atoms with E-state index in [4.69, 9.17) is 0 Å². The number of carbonyl (C=O) groups excluding carboxylic acids is 1. The third-order valence-corrected chi connectivity index (χ3v) is 8.17. The molecule has 0 aromatic carbocycles. The van der Waals surface area contributed by atoms with Crippen molar-refractivity contribution < 1.29 is 9.90 Å². The van der Waals surface area contributed by atoms with Gasteiger partial charge < -0.3 is 5.11 Å². The van der Waals surface area contributed by atoms with E-state index in [-0.39, 0.29) is 22.2 Å². The third-order valence-electron chi connectivity index (χ3n) is 8.17. The summed E-state index contributed by atoms with van der Waals surface area (Å²) < 4.78 is 0. The Morgan fingerprint density at radius 3 is 2.55 bits per heavy atom. The molecule has 0 aromatic rings. The van der Waals surface area contributed by atoms with Crippen LogP contribution in [0.25, 0.3) is 0 Å². The van der Waals surface area contributed by atoms with Crippen LogP contribution in [0.3, 0.4) is 0 Å². The maximum Gasteiger partial charge on any atom is 0.134 e. The van der Waals surface area contributed by atoms with E-state index in [1.54, 1.807) is 0 Å². The second-order valence-corrected chi connectivity index (χ2v) is 9.90. The average Bonchev–Trinajstić information content (AvgIpc) is 2.76. The van der Waals surface area contributed by atoms with Gasteiger partial charge in [0, 0.05) is 18.8 Å². The molecule has 3 saturated carbocycles. The summed E-state index contributed by atoms with van der Waals surface area (Å²) in [6.07, 6.45) is 10.6. The van der Waals surface area contributed by atoms with E-state index in [0.29, 0.717) is 17.6 Å². The van der Waals surface area contributed by atoms with Crippen molar-refractivity contribution in [1.82, 2.24) is 0 Å². The normalized spacial score (nSPS) is 55.7. The van der Waals surface area contributed by atoms with Crippen molar-refractivity contribution in [2.45, 2.75) is 71.8 Å². The molecule has 0 saturated heterocycles. The summed E-state index contributed by atoms with van der Waals surface area (Å²) in [5.41, 5.74) is -0.207. The standard InChI is InChI=1S/C20H30O2/c1-17(2)11-15(21)12-18(3)16(17)6-5-14-9-19(4,22)13-7-8-20(14,18)10-13/h7-8,13-14,16,22H,5-6,9-12H2,1-4H3/t13-,14+,16+,18+,19+,20-/m1/s1. The minimum absolute atomic E-state index is 0.0799. The molecule has 4 aliphatic carbocycles. The number of ketones is 1. The first-order valence-corrected chi connectivity index (χ1v) is 9.04. The fourth-order valence-electron chi connectivity index (χ4n) is 7.25. The van der Waals surface area contributed by atoms with Gasteiger partial charge >= 0.3 is 0 Å². The van der Waals surface area contributed by atoms with Crippen molar-refractivity contribution in [2.24, 2.45) is 34.0 Å². The van der Waals surface area contributed by atoms with E-state index in [0.717, 1.165) is 25.7 Å². The van der Waals surface area contributed by atoms with E-state index >= 15 is 0 Å². The molecule has 4 rings (SSSR count). The van der Waals surface area contributed by atoms with Crippen molar-refractivity contribution >= 4 is 5.78 Å². The molecule has 0 aliphatic heterocycles. The molecule has 0 amide bonds. The second-order valence-electron chi connectivity index (χ2n) is 9.90. The lowest BCUT2D eigenvalue weighted by Gasteiger charge is -2.66. The molecule has 1 N–H and O–H groups in total. The lowest BCUT2D eigenvalue weighted by atomic mass is 9.38. The fraction of sp³-hybridized carbons (Fsp3) is 0.850. The highest BCUT2D eigenvalue weighted by molar-refractivity contribution is 5.81. The lowest BCUT2D eigenvalue weighted by molar-refractivity contribution is -0.183. The molecule has 2 nitrogen and oxygen atoms in total. The van der Waals surface area contributed by atoms with E-state index in [2.05, 4.69) is 32.9 Å². The first-order chi connectivity index (χ1) is 10.1. The van der Waals surface area contributed by atoms with Crippen LogP contribution >= 0.6 is 0 Å². The SMILES string of the molecule is CC1(C)CC(=O)C[C@@]2(C)[C@H]1CC[C@H]1C[C@](C)(O)[C@@H]3C=C[C@@]12C3. The number of hydrogen-bond donors (Lipinski definition) is 1. The van der Waals surface area contributed by atoms with Gasteiger partial charge in [-0.2, -0.15) is 0 Å². The minimum Gasteiger partial charge on any atom is -0.390 e. The number of aliphatic hydroxyl groups is 1.